The normalized spacial score (nSPS) is 14.0. The number of hydrogen-bond donors (Lipinski definition) is 1. The average molecular weight is 458 g/mol. The highest BCUT2D eigenvalue weighted by molar-refractivity contribution is 7.99. The smallest absolute Gasteiger partial charge is 0.274 e. The van der Waals surface area contributed by atoms with Crippen LogP contribution in [0.4, 0.5) is 10.8 Å². The van der Waals surface area contributed by atoms with Crippen LogP contribution < -0.4 is 15.8 Å². The first-order valence-corrected chi connectivity index (χ1v) is 12.5. The molecular formula is C22H27N5O2S2. The molecule has 3 aromatic rings. The fourth-order valence-electron chi connectivity index (χ4n) is 3.65. The zero-order valence-corrected chi connectivity index (χ0v) is 19.7. The van der Waals surface area contributed by atoms with Gasteiger partial charge < -0.3 is 10.2 Å². The Morgan fingerprint density at radius 2 is 2.03 bits per heavy atom. The maximum atomic E-state index is 13.2. The molecule has 0 unspecified atom stereocenters. The lowest BCUT2D eigenvalue weighted by Crippen LogP contribution is -2.25. The molecule has 0 spiro atoms. The number of thiazole rings is 1. The number of thioether (sulfide) groups is 1. The monoisotopic (exact) mass is 457 g/mol. The maximum Gasteiger partial charge on any atom is 0.274 e. The molecule has 0 saturated carbocycles. The third-order valence-corrected chi connectivity index (χ3v) is 7.31. The lowest BCUT2D eigenvalue weighted by Gasteiger charge is -2.14. The standard InChI is InChI=1S/C22H27N5O2S2/c1-4-15-8-7-9-16(12-15)23-17(28)13-30-22-25-19-18(20(29)27(22)14(2)3)31-21(24-19)26-10-5-6-11-26/h7-9,12,14H,4-6,10-11,13H2,1-3H3,(H,23,28). The molecule has 9 heteroatoms. The van der Waals surface area contributed by atoms with E-state index in [4.69, 9.17) is 0 Å². The Morgan fingerprint density at radius 3 is 2.74 bits per heavy atom. The molecule has 0 bridgehead atoms. The summed E-state index contributed by atoms with van der Waals surface area (Å²) in [6, 6.07) is 7.77. The van der Waals surface area contributed by atoms with Crippen molar-refractivity contribution in [2.75, 3.05) is 29.1 Å². The first kappa shape index (κ1) is 21.8. The van der Waals surface area contributed by atoms with Crippen molar-refractivity contribution in [1.82, 2.24) is 14.5 Å². The Balaban J connectivity index is 1.56. The highest BCUT2D eigenvalue weighted by atomic mass is 32.2. The number of benzene rings is 1. The van der Waals surface area contributed by atoms with E-state index in [1.165, 1.54) is 28.7 Å². The van der Waals surface area contributed by atoms with Crippen LogP contribution in [0.1, 0.15) is 45.2 Å². The highest BCUT2D eigenvalue weighted by Crippen LogP contribution is 2.30. The maximum absolute atomic E-state index is 13.2. The van der Waals surface area contributed by atoms with Crippen molar-refractivity contribution in [1.29, 1.82) is 0 Å². The summed E-state index contributed by atoms with van der Waals surface area (Å²) in [5.74, 6) is 0.0448. The van der Waals surface area contributed by atoms with E-state index in [1.807, 2.05) is 38.1 Å². The molecule has 1 aliphatic heterocycles. The van der Waals surface area contributed by atoms with Gasteiger partial charge in [-0.3, -0.25) is 14.2 Å². The van der Waals surface area contributed by atoms with E-state index in [0.29, 0.717) is 15.5 Å². The third-order valence-electron chi connectivity index (χ3n) is 5.26. The molecule has 1 N–H and O–H groups in total. The number of rotatable bonds is 7. The molecule has 1 fully saturated rings. The topological polar surface area (TPSA) is 80.1 Å². The van der Waals surface area contributed by atoms with E-state index in [9.17, 15) is 9.59 Å². The summed E-state index contributed by atoms with van der Waals surface area (Å²) < 4.78 is 2.25. The first-order valence-electron chi connectivity index (χ1n) is 10.7. The Labute approximate surface area is 189 Å². The molecular weight excluding hydrogens is 430 g/mol. The average Bonchev–Trinajstić information content (AvgIpc) is 3.42. The molecule has 1 aromatic carbocycles. The second kappa shape index (κ2) is 9.40. The van der Waals surface area contributed by atoms with Gasteiger partial charge in [0, 0.05) is 24.8 Å². The molecule has 1 aliphatic rings. The summed E-state index contributed by atoms with van der Waals surface area (Å²) in [7, 11) is 0. The van der Waals surface area contributed by atoms with Gasteiger partial charge in [-0.05, 0) is 50.8 Å². The molecule has 2 aromatic heterocycles. The molecule has 0 aliphatic carbocycles. The van der Waals surface area contributed by atoms with Gasteiger partial charge >= 0.3 is 0 Å². The van der Waals surface area contributed by atoms with Crippen LogP contribution in [0.3, 0.4) is 0 Å². The predicted molar refractivity (Wildman–Crippen MR) is 129 cm³/mol. The summed E-state index contributed by atoms with van der Waals surface area (Å²) in [4.78, 5) is 37.2. The number of fused-ring (bicyclic) bond motifs is 1. The van der Waals surface area contributed by atoms with Crippen LogP contribution in [-0.4, -0.2) is 39.3 Å². The van der Waals surface area contributed by atoms with Crippen LogP contribution in [0.15, 0.2) is 34.2 Å². The van der Waals surface area contributed by atoms with Crippen molar-refractivity contribution in [3.05, 3.63) is 40.2 Å². The van der Waals surface area contributed by atoms with Crippen LogP contribution in [0, 0.1) is 0 Å². The van der Waals surface area contributed by atoms with E-state index in [1.54, 1.807) is 4.57 Å². The summed E-state index contributed by atoms with van der Waals surface area (Å²) in [5.41, 5.74) is 2.35. The fraction of sp³-hybridized carbons (Fsp3) is 0.455. The number of aromatic nitrogens is 3. The molecule has 164 valence electrons. The van der Waals surface area contributed by atoms with E-state index in [-0.39, 0.29) is 23.3 Å². The summed E-state index contributed by atoms with van der Waals surface area (Å²) in [6.45, 7) is 7.94. The predicted octanol–water partition coefficient (Wildman–Crippen LogP) is 4.33. The van der Waals surface area contributed by atoms with Gasteiger partial charge in [-0.25, -0.2) is 4.98 Å². The zero-order chi connectivity index (χ0) is 22.0. The van der Waals surface area contributed by atoms with Crippen molar-refractivity contribution in [2.24, 2.45) is 0 Å². The van der Waals surface area contributed by atoms with E-state index < -0.39 is 0 Å². The summed E-state index contributed by atoms with van der Waals surface area (Å²) in [6.07, 6.45) is 3.21. The minimum atomic E-state index is -0.126. The largest absolute Gasteiger partial charge is 0.348 e. The van der Waals surface area contributed by atoms with Gasteiger partial charge in [-0.2, -0.15) is 4.98 Å². The number of carbonyl (C=O) groups is 1. The number of aryl methyl sites for hydroxylation is 1. The lowest BCUT2D eigenvalue weighted by molar-refractivity contribution is -0.113. The quantitative estimate of drug-likeness (QED) is 0.420. The van der Waals surface area contributed by atoms with Crippen molar-refractivity contribution >= 4 is 50.2 Å². The van der Waals surface area contributed by atoms with E-state index >= 15 is 0 Å². The first-order chi connectivity index (χ1) is 15.0. The molecule has 4 rings (SSSR count). The lowest BCUT2D eigenvalue weighted by atomic mass is 10.1. The van der Waals surface area contributed by atoms with Crippen molar-refractivity contribution in [3.8, 4) is 0 Å². The van der Waals surface area contributed by atoms with Gasteiger partial charge in [0.15, 0.2) is 15.9 Å². The third kappa shape index (κ3) is 4.77. The minimum Gasteiger partial charge on any atom is -0.348 e. The Morgan fingerprint density at radius 1 is 1.26 bits per heavy atom. The molecule has 0 atom stereocenters. The molecule has 3 heterocycles. The molecule has 1 amide bonds. The van der Waals surface area contributed by atoms with Gasteiger partial charge in [0.1, 0.15) is 4.70 Å². The Hall–Kier alpha value is -2.39. The van der Waals surface area contributed by atoms with Crippen LogP contribution in [0.5, 0.6) is 0 Å². The second-order valence-electron chi connectivity index (χ2n) is 7.90. The van der Waals surface area contributed by atoms with Gasteiger partial charge in [-0.1, -0.05) is 42.2 Å². The number of hydrogen-bond acceptors (Lipinski definition) is 7. The summed E-state index contributed by atoms with van der Waals surface area (Å²) >= 11 is 2.70. The zero-order valence-electron chi connectivity index (χ0n) is 18.1. The molecule has 0 radical (unpaired) electrons. The molecule has 31 heavy (non-hydrogen) atoms. The van der Waals surface area contributed by atoms with Crippen LogP contribution in [0.2, 0.25) is 0 Å². The SMILES string of the molecule is CCc1cccc(NC(=O)CSc2nc3nc(N4CCCC4)sc3c(=O)n2C(C)C)c1. The number of amides is 1. The second-order valence-corrected chi connectivity index (χ2v) is 9.82. The van der Waals surface area contributed by atoms with Gasteiger partial charge in [0.25, 0.3) is 5.56 Å². The van der Waals surface area contributed by atoms with Gasteiger partial charge in [0.05, 0.1) is 5.75 Å². The summed E-state index contributed by atoms with van der Waals surface area (Å²) in [5, 5.41) is 4.33. The van der Waals surface area contributed by atoms with Crippen molar-refractivity contribution in [2.45, 2.75) is 51.2 Å². The Bertz CT molecular complexity index is 1150. The number of carbonyl (C=O) groups excluding carboxylic acids is 1. The molecule has 7 nitrogen and oxygen atoms in total. The Kier molecular flexibility index (Phi) is 6.62. The van der Waals surface area contributed by atoms with Crippen LogP contribution in [0.25, 0.3) is 10.3 Å². The van der Waals surface area contributed by atoms with Crippen molar-refractivity contribution < 1.29 is 4.79 Å². The highest BCUT2D eigenvalue weighted by Gasteiger charge is 2.22. The van der Waals surface area contributed by atoms with Gasteiger partial charge in [0.2, 0.25) is 5.91 Å². The van der Waals surface area contributed by atoms with E-state index in [2.05, 4.69) is 27.1 Å². The van der Waals surface area contributed by atoms with E-state index in [0.717, 1.165) is 43.2 Å². The van der Waals surface area contributed by atoms with Crippen molar-refractivity contribution in [3.63, 3.8) is 0 Å². The van der Waals surface area contributed by atoms with Crippen LogP contribution >= 0.6 is 23.1 Å². The number of nitrogens with zero attached hydrogens (tertiary/aromatic N) is 4. The molecule has 1 saturated heterocycles. The van der Waals surface area contributed by atoms with Crippen LogP contribution in [-0.2, 0) is 11.2 Å². The number of nitrogens with one attached hydrogen (secondary N) is 1. The van der Waals surface area contributed by atoms with Gasteiger partial charge in [-0.15, -0.1) is 0 Å². The number of anilines is 2. The fourth-order valence-corrected chi connectivity index (χ4v) is 5.56. The minimum absolute atomic E-state index is 0.0615.